The molecule has 0 spiro atoms. The van der Waals surface area contributed by atoms with Crippen molar-refractivity contribution >= 4 is 5.91 Å². The van der Waals surface area contributed by atoms with Gasteiger partial charge in [0.15, 0.2) is 0 Å². The van der Waals surface area contributed by atoms with Crippen molar-refractivity contribution in [3.8, 4) is 0 Å². The van der Waals surface area contributed by atoms with Crippen molar-refractivity contribution in [3.63, 3.8) is 0 Å². The second-order valence-corrected chi connectivity index (χ2v) is 7.53. The molecule has 4 heteroatoms. The predicted octanol–water partition coefficient (Wildman–Crippen LogP) is 2.97. The summed E-state index contributed by atoms with van der Waals surface area (Å²) in [5.74, 6) is 0.0989. The Morgan fingerprint density at radius 2 is 2.14 bits per heavy atom. The van der Waals surface area contributed by atoms with Crippen molar-refractivity contribution in [2.75, 3.05) is 6.61 Å². The van der Waals surface area contributed by atoms with Crippen LogP contribution in [0.1, 0.15) is 46.7 Å². The molecule has 21 heavy (non-hydrogen) atoms. The first-order valence-corrected chi connectivity index (χ1v) is 7.67. The van der Waals surface area contributed by atoms with Crippen molar-refractivity contribution in [1.29, 1.82) is 0 Å². The topological polar surface area (TPSA) is 34.5 Å². The summed E-state index contributed by atoms with van der Waals surface area (Å²) in [5.41, 5.74) is 0.988. The van der Waals surface area contributed by atoms with Crippen molar-refractivity contribution < 1.29 is 9.53 Å². The van der Waals surface area contributed by atoms with E-state index in [-0.39, 0.29) is 23.1 Å². The predicted molar refractivity (Wildman–Crippen MR) is 83.9 cm³/mol. The maximum Gasteiger partial charge on any atom is 0.222 e. The van der Waals surface area contributed by atoms with E-state index >= 15 is 0 Å². The van der Waals surface area contributed by atoms with E-state index in [0.717, 1.165) is 12.8 Å². The molecule has 2 heterocycles. The van der Waals surface area contributed by atoms with E-state index in [1.165, 1.54) is 5.69 Å². The van der Waals surface area contributed by atoms with E-state index in [1.807, 2.05) is 4.90 Å². The Morgan fingerprint density at radius 3 is 2.62 bits per heavy atom. The normalized spacial score (nSPS) is 26.4. The summed E-state index contributed by atoms with van der Waals surface area (Å²) in [7, 11) is 2.06. The van der Waals surface area contributed by atoms with Crippen LogP contribution < -0.4 is 0 Å². The summed E-state index contributed by atoms with van der Waals surface area (Å²) >= 11 is 0. The van der Waals surface area contributed by atoms with Gasteiger partial charge in [0.25, 0.3) is 0 Å². The summed E-state index contributed by atoms with van der Waals surface area (Å²) in [6.45, 7) is 10.8. The molecule has 0 aliphatic carbocycles. The Hall–Kier alpha value is -1.29. The zero-order valence-corrected chi connectivity index (χ0v) is 14.1. The molecule has 0 aromatic carbocycles. The minimum absolute atomic E-state index is 0.0750. The fourth-order valence-electron chi connectivity index (χ4n) is 3.21. The molecular weight excluding hydrogens is 264 g/mol. The largest absolute Gasteiger partial charge is 0.355 e. The highest BCUT2D eigenvalue weighted by Gasteiger charge is 2.49. The molecule has 1 saturated heterocycles. The van der Waals surface area contributed by atoms with E-state index in [9.17, 15) is 4.79 Å². The van der Waals surface area contributed by atoms with Crippen LogP contribution in [-0.4, -0.2) is 33.7 Å². The second kappa shape index (κ2) is 5.48. The van der Waals surface area contributed by atoms with Crippen LogP contribution >= 0.6 is 0 Å². The van der Waals surface area contributed by atoms with Crippen molar-refractivity contribution in [1.82, 2.24) is 9.47 Å². The molecule has 2 unspecified atom stereocenters. The number of nitrogens with zero attached hydrogens (tertiary/aromatic N) is 2. The Balaban J connectivity index is 2.16. The quantitative estimate of drug-likeness (QED) is 0.858. The summed E-state index contributed by atoms with van der Waals surface area (Å²) in [4.78, 5) is 14.1. The number of carbonyl (C=O) groups excluding carboxylic acids is 1. The first kappa shape index (κ1) is 16.1. The van der Waals surface area contributed by atoms with Gasteiger partial charge in [-0.1, -0.05) is 20.8 Å². The molecule has 1 aliphatic heterocycles. The van der Waals surface area contributed by atoms with Crippen LogP contribution in [-0.2, 0) is 23.0 Å². The highest BCUT2D eigenvalue weighted by Crippen LogP contribution is 2.39. The smallest absolute Gasteiger partial charge is 0.222 e. The molecular formula is C17H28N2O2. The van der Waals surface area contributed by atoms with Crippen LogP contribution in [0.3, 0.4) is 0 Å². The summed E-state index contributed by atoms with van der Waals surface area (Å²) in [6, 6.07) is 4.20. The van der Waals surface area contributed by atoms with Gasteiger partial charge in [0.05, 0.1) is 12.1 Å². The highest BCUT2D eigenvalue weighted by molar-refractivity contribution is 5.74. The monoisotopic (exact) mass is 292 g/mol. The average molecular weight is 292 g/mol. The molecule has 0 N–H and O–H groups in total. The molecule has 1 aromatic rings. The van der Waals surface area contributed by atoms with Crippen molar-refractivity contribution in [3.05, 3.63) is 24.0 Å². The van der Waals surface area contributed by atoms with Crippen LogP contribution in [0.25, 0.3) is 0 Å². The minimum atomic E-state index is -0.228. The van der Waals surface area contributed by atoms with Gasteiger partial charge in [0.1, 0.15) is 6.23 Å². The standard InChI is InChI=1S/C17H28N2O2/c1-13(20)19-15(16(2,3)4)21-12-17(19,5)10-9-14-8-7-11-18(14)6/h7-8,11,15H,9-10,12H2,1-6H3. The molecule has 4 nitrogen and oxygen atoms in total. The van der Waals surface area contributed by atoms with Crippen molar-refractivity contribution in [2.45, 2.75) is 59.2 Å². The number of hydrogen-bond donors (Lipinski definition) is 0. The molecule has 1 aromatic heterocycles. The molecule has 1 amide bonds. The summed E-state index contributed by atoms with van der Waals surface area (Å²) < 4.78 is 8.14. The molecule has 1 fully saturated rings. The van der Waals surface area contributed by atoms with Gasteiger partial charge >= 0.3 is 0 Å². The van der Waals surface area contributed by atoms with Gasteiger partial charge in [-0.15, -0.1) is 0 Å². The van der Waals surface area contributed by atoms with E-state index in [0.29, 0.717) is 6.61 Å². The lowest BCUT2D eigenvalue weighted by Gasteiger charge is -2.40. The molecule has 2 rings (SSSR count). The third-order valence-corrected chi connectivity index (χ3v) is 4.42. The molecule has 118 valence electrons. The first-order chi connectivity index (χ1) is 9.65. The Labute approximate surface area is 128 Å². The van der Waals surface area contributed by atoms with Gasteiger partial charge in [-0.25, -0.2) is 0 Å². The number of ether oxygens (including phenoxy) is 1. The minimum Gasteiger partial charge on any atom is -0.355 e. The number of aromatic nitrogens is 1. The Kier molecular flexibility index (Phi) is 4.20. The highest BCUT2D eigenvalue weighted by atomic mass is 16.5. The third kappa shape index (κ3) is 3.15. The Morgan fingerprint density at radius 1 is 1.48 bits per heavy atom. The number of rotatable bonds is 3. The summed E-state index contributed by atoms with van der Waals surface area (Å²) in [5, 5.41) is 0. The van der Waals surface area contributed by atoms with Gasteiger partial charge < -0.3 is 14.2 Å². The molecule has 2 atom stereocenters. The van der Waals surface area contributed by atoms with Gasteiger partial charge in [-0.05, 0) is 31.9 Å². The lowest BCUT2D eigenvalue weighted by atomic mass is 9.89. The Bertz CT molecular complexity index is 515. The van der Waals surface area contributed by atoms with Crippen LogP contribution in [0.15, 0.2) is 18.3 Å². The third-order valence-electron chi connectivity index (χ3n) is 4.42. The van der Waals surface area contributed by atoms with E-state index in [2.05, 4.69) is 57.6 Å². The maximum absolute atomic E-state index is 12.2. The maximum atomic E-state index is 12.2. The van der Waals surface area contributed by atoms with E-state index in [4.69, 9.17) is 4.74 Å². The van der Waals surface area contributed by atoms with Crippen LogP contribution in [0, 0.1) is 5.41 Å². The van der Waals surface area contributed by atoms with Gasteiger partial charge in [0, 0.05) is 31.3 Å². The first-order valence-electron chi connectivity index (χ1n) is 7.67. The molecule has 0 radical (unpaired) electrons. The number of hydrogen-bond acceptors (Lipinski definition) is 2. The fourth-order valence-corrected chi connectivity index (χ4v) is 3.21. The van der Waals surface area contributed by atoms with Gasteiger partial charge in [-0.2, -0.15) is 0 Å². The van der Waals surface area contributed by atoms with Gasteiger partial charge in [0.2, 0.25) is 5.91 Å². The average Bonchev–Trinajstić information content (AvgIpc) is 2.90. The van der Waals surface area contributed by atoms with E-state index < -0.39 is 0 Å². The zero-order valence-electron chi connectivity index (χ0n) is 14.1. The molecule has 1 aliphatic rings. The van der Waals surface area contributed by atoms with Crippen LogP contribution in [0.5, 0.6) is 0 Å². The van der Waals surface area contributed by atoms with Crippen LogP contribution in [0.2, 0.25) is 0 Å². The van der Waals surface area contributed by atoms with Crippen LogP contribution in [0.4, 0.5) is 0 Å². The lowest BCUT2D eigenvalue weighted by molar-refractivity contribution is -0.144. The number of carbonyl (C=O) groups is 1. The molecule has 0 saturated carbocycles. The zero-order chi connectivity index (χ0) is 15.8. The van der Waals surface area contributed by atoms with E-state index in [1.54, 1.807) is 6.92 Å². The van der Waals surface area contributed by atoms with Crippen molar-refractivity contribution in [2.24, 2.45) is 12.5 Å². The number of amides is 1. The SMILES string of the molecule is CC(=O)N1C(C(C)(C)C)OCC1(C)CCc1cccn1C. The van der Waals surface area contributed by atoms with Gasteiger partial charge in [-0.3, -0.25) is 4.79 Å². The molecule has 0 bridgehead atoms. The summed E-state index contributed by atoms with van der Waals surface area (Å²) in [6.07, 6.45) is 3.78. The number of aryl methyl sites for hydroxylation is 2. The lowest BCUT2D eigenvalue weighted by Crippen LogP contribution is -2.53. The fraction of sp³-hybridized carbons (Fsp3) is 0.706. The second-order valence-electron chi connectivity index (χ2n) is 7.53.